The molecular weight excluding hydrogens is 504 g/mol. The standard InChI is InChI=1S/3C10H16O3/c3*1-10(9(12)13)6-3-2-4-8(11)5-7-10/h3*2,4,8,11H,3,5-7H2,1H3,(H,12,13)/b4-2+;2*4-2-/t3*8-,10+/m010/s1. The molecule has 0 spiro atoms. The molecule has 222 valence electrons. The van der Waals surface area contributed by atoms with Crippen LogP contribution in [0, 0.1) is 16.2 Å². The molecule has 0 aromatic rings. The number of carbonyl (C=O) groups is 3. The van der Waals surface area contributed by atoms with Gasteiger partial charge in [-0.3, -0.25) is 14.4 Å². The lowest BCUT2D eigenvalue weighted by Crippen LogP contribution is -2.29. The van der Waals surface area contributed by atoms with Crippen molar-refractivity contribution >= 4 is 17.9 Å². The topological polar surface area (TPSA) is 173 Å². The Balaban J connectivity index is 0.000000292. The second-order valence-corrected chi connectivity index (χ2v) is 11.8. The highest BCUT2D eigenvalue weighted by Gasteiger charge is 2.34. The van der Waals surface area contributed by atoms with Gasteiger partial charge in [-0.05, 0) is 97.8 Å². The summed E-state index contributed by atoms with van der Waals surface area (Å²) in [7, 11) is 0. The Morgan fingerprint density at radius 3 is 0.949 bits per heavy atom. The van der Waals surface area contributed by atoms with Gasteiger partial charge in [-0.15, -0.1) is 0 Å². The predicted molar refractivity (Wildman–Crippen MR) is 148 cm³/mol. The fourth-order valence-electron chi connectivity index (χ4n) is 4.67. The molecule has 39 heavy (non-hydrogen) atoms. The second kappa shape index (κ2) is 15.9. The van der Waals surface area contributed by atoms with Gasteiger partial charge >= 0.3 is 17.9 Å². The van der Waals surface area contributed by atoms with Crippen LogP contribution in [0.25, 0.3) is 0 Å². The maximum atomic E-state index is 10.9. The largest absolute Gasteiger partial charge is 0.481 e. The van der Waals surface area contributed by atoms with Gasteiger partial charge in [0.1, 0.15) is 0 Å². The molecular formula is C30H48O9. The van der Waals surface area contributed by atoms with Crippen molar-refractivity contribution in [2.24, 2.45) is 16.2 Å². The molecule has 0 saturated carbocycles. The van der Waals surface area contributed by atoms with Crippen molar-refractivity contribution < 1.29 is 45.0 Å². The smallest absolute Gasteiger partial charge is 0.309 e. The molecule has 6 N–H and O–H groups in total. The Bertz CT molecular complexity index is 781. The molecule has 3 rings (SSSR count). The Morgan fingerprint density at radius 1 is 0.513 bits per heavy atom. The van der Waals surface area contributed by atoms with Gasteiger partial charge in [-0.25, -0.2) is 0 Å². The van der Waals surface area contributed by atoms with Gasteiger partial charge in [-0.2, -0.15) is 0 Å². The maximum absolute atomic E-state index is 10.9. The predicted octanol–water partition coefficient (Wildman–Crippen LogP) is 4.71. The molecule has 0 radical (unpaired) electrons. The van der Waals surface area contributed by atoms with Crippen molar-refractivity contribution in [3.05, 3.63) is 36.5 Å². The number of carboxylic acid groups (broad SMARTS) is 3. The molecule has 3 aliphatic rings. The molecule has 0 amide bonds. The van der Waals surface area contributed by atoms with Crippen LogP contribution in [-0.4, -0.2) is 66.9 Å². The Morgan fingerprint density at radius 2 is 0.744 bits per heavy atom. The van der Waals surface area contributed by atoms with Crippen LogP contribution in [0.2, 0.25) is 0 Å². The number of aliphatic carboxylic acids is 3. The molecule has 9 nitrogen and oxygen atoms in total. The molecule has 0 aromatic carbocycles. The summed E-state index contributed by atoms with van der Waals surface area (Å²) in [5, 5.41) is 55.0. The van der Waals surface area contributed by atoms with E-state index in [1.807, 2.05) is 18.2 Å². The average Bonchev–Trinajstić information content (AvgIpc) is 2.85. The van der Waals surface area contributed by atoms with Crippen molar-refractivity contribution in [3.63, 3.8) is 0 Å². The Kier molecular flexibility index (Phi) is 14.1. The average molecular weight is 553 g/mol. The zero-order valence-corrected chi connectivity index (χ0v) is 23.6. The number of aliphatic hydroxyl groups is 3. The highest BCUT2D eigenvalue weighted by atomic mass is 16.4. The number of hydrogen-bond donors (Lipinski definition) is 6. The number of hydrogen-bond acceptors (Lipinski definition) is 6. The summed E-state index contributed by atoms with van der Waals surface area (Å²) in [5.74, 6) is -2.26. The van der Waals surface area contributed by atoms with E-state index in [9.17, 15) is 29.7 Å². The van der Waals surface area contributed by atoms with Crippen molar-refractivity contribution in [3.8, 4) is 0 Å². The monoisotopic (exact) mass is 552 g/mol. The molecule has 0 unspecified atom stereocenters. The van der Waals surface area contributed by atoms with Gasteiger partial charge in [0.05, 0.1) is 34.6 Å². The number of rotatable bonds is 3. The minimum Gasteiger partial charge on any atom is -0.481 e. The van der Waals surface area contributed by atoms with Gasteiger partial charge in [-0.1, -0.05) is 36.5 Å². The lowest BCUT2D eigenvalue weighted by Gasteiger charge is -2.26. The lowest BCUT2D eigenvalue weighted by molar-refractivity contribution is -0.150. The highest BCUT2D eigenvalue weighted by molar-refractivity contribution is 5.75. The van der Waals surface area contributed by atoms with Crippen LogP contribution < -0.4 is 0 Å². The minimum atomic E-state index is -0.755. The van der Waals surface area contributed by atoms with E-state index in [4.69, 9.17) is 15.3 Å². The first-order valence-electron chi connectivity index (χ1n) is 13.9. The molecule has 3 aliphatic carbocycles. The van der Waals surface area contributed by atoms with Crippen LogP contribution in [0.5, 0.6) is 0 Å². The van der Waals surface area contributed by atoms with E-state index < -0.39 is 52.5 Å². The molecule has 9 heteroatoms. The third-order valence-corrected chi connectivity index (χ3v) is 8.19. The van der Waals surface area contributed by atoms with Crippen LogP contribution in [0.15, 0.2) is 36.5 Å². The number of allylic oxidation sites excluding steroid dienone is 3. The van der Waals surface area contributed by atoms with Gasteiger partial charge in [0.2, 0.25) is 0 Å². The summed E-state index contributed by atoms with van der Waals surface area (Å²) in [5.41, 5.74) is -1.98. The van der Waals surface area contributed by atoms with Crippen LogP contribution in [0.4, 0.5) is 0 Å². The maximum Gasteiger partial charge on any atom is 0.309 e. The van der Waals surface area contributed by atoms with Crippen LogP contribution in [0.1, 0.15) is 97.8 Å². The van der Waals surface area contributed by atoms with E-state index in [0.29, 0.717) is 57.8 Å². The SMILES string of the molecule is C[C@@]1(C(=O)O)CC/C=C/[C@H](O)CC1.C[C@@]1(C(=O)O)CC/C=C\[C@H](O)CC1.C[C@]1(C(=O)O)CC/C=C\[C@@H](O)CC1. The van der Waals surface area contributed by atoms with E-state index in [0.717, 1.165) is 19.3 Å². The zero-order valence-electron chi connectivity index (χ0n) is 23.6. The van der Waals surface area contributed by atoms with Crippen molar-refractivity contribution in [2.75, 3.05) is 0 Å². The summed E-state index contributed by atoms with van der Waals surface area (Å²) in [4.78, 5) is 32.8. The van der Waals surface area contributed by atoms with Crippen LogP contribution in [-0.2, 0) is 14.4 Å². The van der Waals surface area contributed by atoms with Crippen LogP contribution in [0.3, 0.4) is 0 Å². The Labute approximate surface area is 231 Å². The Hall–Kier alpha value is -2.49. The molecule has 0 heterocycles. The fourth-order valence-corrected chi connectivity index (χ4v) is 4.67. The van der Waals surface area contributed by atoms with Crippen molar-refractivity contribution in [1.29, 1.82) is 0 Å². The van der Waals surface area contributed by atoms with E-state index in [1.54, 1.807) is 39.0 Å². The first-order chi connectivity index (χ1) is 18.1. The third kappa shape index (κ3) is 12.1. The minimum absolute atomic E-state index is 0.473. The summed E-state index contributed by atoms with van der Waals surface area (Å²) in [6.07, 6.45) is 16.9. The summed E-state index contributed by atoms with van der Waals surface area (Å²) < 4.78 is 0. The molecule has 0 bridgehead atoms. The van der Waals surface area contributed by atoms with E-state index in [2.05, 4.69) is 0 Å². The quantitative estimate of drug-likeness (QED) is 0.271. The first kappa shape index (κ1) is 34.5. The molecule has 6 atom stereocenters. The van der Waals surface area contributed by atoms with Gasteiger partial charge < -0.3 is 30.6 Å². The van der Waals surface area contributed by atoms with Crippen LogP contribution >= 0.6 is 0 Å². The fraction of sp³-hybridized carbons (Fsp3) is 0.700. The second-order valence-electron chi connectivity index (χ2n) is 11.8. The highest BCUT2D eigenvalue weighted by Crippen LogP contribution is 2.33. The summed E-state index contributed by atoms with van der Waals surface area (Å²) >= 11 is 0. The van der Waals surface area contributed by atoms with E-state index >= 15 is 0 Å². The number of carboxylic acids is 3. The van der Waals surface area contributed by atoms with Crippen molar-refractivity contribution in [2.45, 2.75) is 116 Å². The summed E-state index contributed by atoms with van der Waals surface area (Å²) in [6, 6.07) is 0. The van der Waals surface area contributed by atoms with E-state index in [-0.39, 0.29) is 0 Å². The molecule has 0 aromatic heterocycles. The van der Waals surface area contributed by atoms with Gasteiger partial charge in [0, 0.05) is 0 Å². The molecule has 0 saturated heterocycles. The van der Waals surface area contributed by atoms with E-state index in [1.165, 1.54) is 0 Å². The first-order valence-corrected chi connectivity index (χ1v) is 13.9. The number of aliphatic hydroxyl groups excluding tert-OH is 3. The van der Waals surface area contributed by atoms with Gasteiger partial charge in [0.15, 0.2) is 0 Å². The lowest BCUT2D eigenvalue weighted by atomic mass is 9.79. The van der Waals surface area contributed by atoms with Gasteiger partial charge in [0.25, 0.3) is 0 Å². The zero-order chi connectivity index (χ0) is 29.7. The third-order valence-electron chi connectivity index (χ3n) is 8.19. The molecule has 0 aliphatic heterocycles. The van der Waals surface area contributed by atoms with Crippen molar-refractivity contribution in [1.82, 2.24) is 0 Å². The molecule has 0 fully saturated rings. The summed E-state index contributed by atoms with van der Waals surface area (Å²) in [6.45, 7) is 5.25. The normalized spacial score (nSPS) is 37.5.